The first-order valence-electron chi connectivity index (χ1n) is 9.14. The molecule has 0 bridgehead atoms. The molecule has 1 aromatic carbocycles. The van der Waals surface area contributed by atoms with Crippen molar-refractivity contribution in [2.24, 2.45) is 0 Å². The Morgan fingerprint density at radius 2 is 1.64 bits per heavy atom. The standard InChI is InChI=1S/C21H29NO3/c1-3-4-5-6-7-8-9-10-15-25-21(23)19(17-22)16-18-11-13-20(24-2)14-12-18/h11-14,16H,3-10,15H2,1-2H3/b19-16-. The Morgan fingerprint density at radius 3 is 2.20 bits per heavy atom. The van der Waals surface area contributed by atoms with Crippen LogP contribution in [0, 0.1) is 11.3 Å². The quantitative estimate of drug-likeness (QED) is 0.224. The third kappa shape index (κ3) is 8.95. The van der Waals surface area contributed by atoms with Crippen molar-refractivity contribution < 1.29 is 14.3 Å². The fraction of sp³-hybridized carbons (Fsp3) is 0.524. The SMILES string of the molecule is CCCCCCCCCCOC(=O)/C(C#N)=C\c1ccc(OC)cc1. The van der Waals surface area contributed by atoms with Crippen molar-refractivity contribution in [3.05, 3.63) is 35.4 Å². The van der Waals surface area contributed by atoms with Crippen molar-refractivity contribution in [3.63, 3.8) is 0 Å². The summed E-state index contributed by atoms with van der Waals surface area (Å²) in [5.74, 6) is 0.175. The van der Waals surface area contributed by atoms with Crippen LogP contribution in [0.5, 0.6) is 5.75 Å². The van der Waals surface area contributed by atoms with E-state index in [0.717, 1.165) is 24.2 Å². The zero-order valence-corrected chi connectivity index (χ0v) is 15.4. The summed E-state index contributed by atoms with van der Waals surface area (Å²) in [5, 5.41) is 9.16. The molecule has 0 aliphatic heterocycles. The number of hydrogen-bond acceptors (Lipinski definition) is 4. The van der Waals surface area contributed by atoms with Crippen LogP contribution in [-0.4, -0.2) is 19.7 Å². The Hall–Kier alpha value is -2.28. The van der Waals surface area contributed by atoms with Gasteiger partial charge in [0.15, 0.2) is 0 Å². The van der Waals surface area contributed by atoms with Gasteiger partial charge in [-0.2, -0.15) is 5.26 Å². The lowest BCUT2D eigenvalue weighted by atomic mass is 10.1. The molecule has 4 nitrogen and oxygen atoms in total. The molecule has 136 valence electrons. The molecule has 0 aromatic heterocycles. The maximum absolute atomic E-state index is 12.0. The molecule has 0 unspecified atom stereocenters. The molecule has 0 fully saturated rings. The van der Waals surface area contributed by atoms with Crippen LogP contribution in [0.15, 0.2) is 29.8 Å². The number of unbranched alkanes of at least 4 members (excludes halogenated alkanes) is 7. The van der Waals surface area contributed by atoms with E-state index in [1.54, 1.807) is 31.4 Å². The molecule has 0 atom stereocenters. The number of carbonyl (C=O) groups is 1. The van der Waals surface area contributed by atoms with E-state index in [-0.39, 0.29) is 5.57 Å². The minimum Gasteiger partial charge on any atom is -0.497 e. The summed E-state index contributed by atoms with van der Waals surface area (Å²) in [4.78, 5) is 12.0. The highest BCUT2D eigenvalue weighted by Crippen LogP contribution is 2.14. The fourth-order valence-corrected chi connectivity index (χ4v) is 2.48. The van der Waals surface area contributed by atoms with Gasteiger partial charge in [0.2, 0.25) is 0 Å². The van der Waals surface area contributed by atoms with Gasteiger partial charge in [0.1, 0.15) is 17.4 Å². The topological polar surface area (TPSA) is 59.3 Å². The van der Waals surface area contributed by atoms with Crippen LogP contribution in [0.2, 0.25) is 0 Å². The minimum atomic E-state index is -0.554. The van der Waals surface area contributed by atoms with Gasteiger partial charge in [-0.05, 0) is 30.2 Å². The van der Waals surface area contributed by atoms with Gasteiger partial charge < -0.3 is 9.47 Å². The lowest BCUT2D eigenvalue weighted by Crippen LogP contribution is -2.08. The van der Waals surface area contributed by atoms with Gasteiger partial charge in [0, 0.05) is 0 Å². The molecular formula is C21H29NO3. The molecule has 4 heteroatoms. The molecule has 0 amide bonds. The first-order valence-corrected chi connectivity index (χ1v) is 9.14. The number of methoxy groups -OCH3 is 1. The van der Waals surface area contributed by atoms with Crippen molar-refractivity contribution >= 4 is 12.0 Å². The summed E-state index contributed by atoms with van der Waals surface area (Å²) in [5.41, 5.74) is 0.783. The number of nitrogens with zero attached hydrogens (tertiary/aromatic N) is 1. The van der Waals surface area contributed by atoms with E-state index in [4.69, 9.17) is 14.7 Å². The fourth-order valence-electron chi connectivity index (χ4n) is 2.48. The van der Waals surface area contributed by atoms with Crippen LogP contribution < -0.4 is 4.74 Å². The second-order valence-electron chi connectivity index (χ2n) is 6.05. The lowest BCUT2D eigenvalue weighted by molar-refractivity contribution is -0.138. The first-order chi connectivity index (χ1) is 12.2. The van der Waals surface area contributed by atoms with Crippen LogP contribution in [0.3, 0.4) is 0 Å². The van der Waals surface area contributed by atoms with Gasteiger partial charge in [0.25, 0.3) is 0 Å². The summed E-state index contributed by atoms with van der Waals surface area (Å²) >= 11 is 0. The van der Waals surface area contributed by atoms with Crippen LogP contribution >= 0.6 is 0 Å². The number of carbonyl (C=O) groups excluding carboxylic acids is 1. The normalized spacial score (nSPS) is 11.0. The third-order valence-electron chi connectivity index (χ3n) is 4.00. The molecular weight excluding hydrogens is 314 g/mol. The van der Waals surface area contributed by atoms with Crippen molar-refractivity contribution in [3.8, 4) is 11.8 Å². The summed E-state index contributed by atoms with van der Waals surface area (Å²) < 4.78 is 10.3. The Balaban J connectivity index is 2.29. The van der Waals surface area contributed by atoms with E-state index < -0.39 is 5.97 Å². The van der Waals surface area contributed by atoms with E-state index in [1.165, 1.54) is 44.6 Å². The van der Waals surface area contributed by atoms with Gasteiger partial charge in [-0.1, -0.05) is 64.0 Å². The summed E-state index contributed by atoms with van der Waals surface area (Å²) in [6.07, 6.45) is 11.0. The molecule has 1 aromatic rings. The molecule has 0 heterocycles. The second-order valence-corrected chi connectivity index (χ2v) is 6.05. The number of ether oxygens (including phenoxy) is 2. The zero-order valence-electron chi connectivity index (χ0n) is 15.4. The Kier molecular flexibility index (Phi) is 10.8. The number of nitriles is 1. The number of benzene rings is 1. The maximum Gasteiger partial charge on any atom is 0.348 e. The van der Waals surface area contributed by atoms with Crippen LogP contribution in [0.4, 0.5) is 0 Å². The van der Waals surface area contributed by atoms with Crippen molar-refractivity contribution in [2.45, 2.75) is 58.3 Å². The lowest BCUT2D eigenvalue weighted by Gasteiger charge is -2.05. The predicted octanol–water partition coefficient (Wildman–Crippen LogP) is 5.29. The number of hydrogen-bond donors (Lipinski definition) is 0. The molecule has 0 saturated heterocycles. The van der Waals surface area contributed by atoms with Crippen LogP contribution in [0.1, 0.15) is 63.9 Å². The second kappa shape index (κ2) is 13.1. The predicted molar refractivity (Wildman–Crippen MR) is 100 cm³/mol. The zero-order chi connectivity index (χ0) is 18.3. The highest BCUT2D eigenvalue weighted by atomic mass is 16.5. The molecule has 0 aliphatic rings. The summed E-state index contributed by atoms with van der Waals surface area (Å²) in [6.45, 7) is 2.59. The van der Waals surface area contributed by atoms with Crippen molar-refractivity contribution in [1.29, 1.82) is 5.26 Å². The molecule has 0 N–H and O–H groups in total. The Morgan fingerprint density at radius 1 is 1.04 bits per heavy atom. The van der Waals surface area contributed by atoms with Gasteiger partial charge in [-0.15, -0.1) is 0 Å². The van der Waals surface area contributed by atoms with Gasteiger partial charge in [-0.3, -0.25) is 0 Å². The maximum atomic E-state index is 12.0. The van der Waals surface area contributed by atoms with E-state index in [2.05, 4.69) is 6.92 Å². The molecule has 0 spiro atoms. The van der Waals surface area contributed by atoms with Crippen LogP contribution in [0.25, 0.3) is 6.08 Å². The highest BCUT2D eigenvalue weighted by molar-refractivity contribution is 5.97. The molecule has 0 aliphatic carbocycles. The summed E-state index contributed by atoms with van der Waals surface area (Å²) in [7, 11) is 1.59. The molecule has 0 radical (unpaired) electrons. The van der Waals surface area contributed by atoms with Gasteiger partial charge >= 0.3 is 5.97 Å². The highest BCUT2D eigenvalue weighted by Gasteiger charge is 2.10. The van der Waals surface area contributed by atoms with Crippen molar-refractivity contribution in [2.75, 3.05) is 13.7 Å². The summed E-state index contributed by atoms with van der Waals surface area (Å²) in [6, 6.07) is 9.07. The average molecular weight is 343 g/mol. The van der Waals surface area contributed by atoms with Gasteiger partial charge in [0.05, 0.1) is 13.7 Å². The van der Waals surface area contributed by atoms with E-state index in [9.17, 15) is 4.79 Å². The average Bonchev–Trinajstić information content (AvgIpc) is 2.65. The molecule has 25 heavy (non-hydrogen) atoms. The smallest absolute Gasteiger partial charge is 0.348 e. The Bertz CT molecular complexity index is 570. The van der Waals surface area contributed by atoms with Gasteiger partial charge in [-0.25, -0.2) is 4.79 Å². The molecule has 1 rings (SSSR count). The molecule has 0 saturated carbocycles. The largest absolute Gasteiger partial charge is 0.497 e. The van der Waals surface area contributed by atoms with Crippen molar-refractivity contribution in [1.82, 2.24) is 0 Å². The minimum absolute atomic E-state index is 0.0183. The number of rotatable bonds is 12. The first kappa shape index (κ1) is 20.8. The van der Waals surface area contributed by atoms with E-state index in [1.807, 2.05) is 6.07 Å². The van der Waals surface area contributed by atoms with E-state index in [0.29, 0.717) is 6.61 Å². The van der Waals surface area contributed by atoms with E-state index >= 15 is 0 Å². The van der Waals surface area contributed by atoms with Crippen LogP contribution in [-0.2, 0) is 9.53 Å². The third-order valence-corrected chi connectivity index (χ3v) is 4.00. The monoisotopic (exact) mass is 343 g/mol. The number of esters is 1. The Labute approximate surface area is 151 Å².